The van der Waals surface area contributed by atoms with Crippen LogP contribution >= 0.6 is 7.37 Å². The first-order valence-corrected chi connectivity index (χ1v) is 12.9. The molecule has 1 aromatic rings. The number of carboxylic acids is 1. The van der Waals surface area contributed by atoms with Gasteiger partial charge in [-0.2, -0.15) is 0 Å². The highest BCUT2D eigenvalue weighted by Crippen LogP contribution is 2.42. The van der Waals surface area contributed by atoms with Gasteiger partial charge in [0.1, 0.15) is 12.1 Å². The van der Waals surface area contributed by atoms with Gasteiger partial charge in [-0.3, -0.25) is 14.2 Å². The minimum atomic E-state index is -3.47. The van der Waals surface area contributed by atoms with Gasteiger partial charge in [0, 0.05) is 25.3 Å². The molecule has 2 rings (SSSR count). The van der Waals surface area contributed by atoms with E-state index < -0.39 is 31.3 Å². The average molecular weight is 452 g/mol. The van der Waals surface area contributed by atoms with Crippen LogP contribution in [0.1, 0.15) is 51.0 Å². The zero-order valence-corrected chi connectivity index (χ0v) is 18.9. The normalized spacial score (nSPS) is 18.9. The Morgan fingerprint density at radius 2 is 1.94 bits per heavy atom. The van der Waals surface area contributed by atoms with Crippen molar-refractivity contribution in [2.75, 3.05) is 18.9 Å². The van der Waals surface area contributed by atoms with Crippen LogP contribution in [0, 0.1) is 0 Å². The monoisotopic (exact) mass is 452 g/mol. The number of carbonyl (C=O) groups is 3. The van der Waals surface area contributed by atoms with Gasteiger partial charge in [0.25, 0.3) is 0 Å². The number of aliphatic carboxylic acids is 1. The van der Waals surface area contributed by atoms with Crippen LogP contribution in [0.3, 0.4) is 0 Å². The second-order valence-corrected chi connectivity index (χ2v) is 10.7. The van der Waals surface area contributed by atoms with Gasteiger partial charge in [0.2, 0.25) is 19.2 Å². The molecule has 0 saturated carbocycles. The lowest BCUT2D eigenvalue weighted by Crippen LogP contribution is -2.50. The molecule has 0 aliphatic carbocycles. The highest BCUT2D eigenvalue weighted by atomic mass is 31.2. The first kappa shape index (κ1) is 25.1. The lowest BCUT2D eigenvalue weighted by atomic mass is 10.1. The Bertz CT molecular complexity index is 800. The van der Waals surface area contributed by atoms with Gasteiger partial charge in [-0.05, 0) is 31.2 Å². The van der Waals surface area contributed by atoms with Gasteiger partial charge < -0.3 is 20.2 Å². The molecule has 3 atom stereocenters. The molecule has 0 radical (unpaired) electrons. The van der Waals surface area contributed by atoms with Crippen molar-refractivity contribution in [1.29, 1.82) is 0 Å². The van der Waals surface area contributed by atoms with Gasteiger partial charge in [0.15, 0.2) is 0 Å². The van der Waals surface area contributed by atoms with Crippen LogP contribution in [0.2, 0.25) is 0 Å². The Labute approximate surface area is 183 Å². The third-order valence-electron chi connectivity index (χ3n) is 5.60. The number of nitrogens with zero attached hydrogens (tertiary/aromatic N) is 1. The summed E-state index contributed by atoms with van der Waals surface area (Å²) in [5.74, 6) is -1.89. The highest BCUT2D eigenvalue weighted by molar-refractivity contribution is 7.58. The Kier molecular flexibility index (Phi) is 9.72. The first-order valence-electron chi connectivity index (χ1n) is 10.9. The van der Waals surface area contributed by atoms with Crippen LogP contribution in [0.4, 0.5) is 0 Å². The van der Waals surface area contributed by atoms with Crippen molar-refractivity contribution in [2.24, 2.45) is 0 Å². The summed E-state index contributed by atoms with van der Waals surface area (Å²) in [6, 6.07) is 7.71. The summed E-state index contributed by atoms with van der Waals surface area (Å²) in [7, 11) is -3.47. The van der Waals surface area contributed by atoms with Crippen LogP contribution in [-0.4, -0.2) is 63.6 Å². The molecule has 3 N–H and O–H groups in total. The summed E-state index contributed by atoms with van der Waals surface area (Å²) in [4.78, 5) is 48.4. The Morgan fingerprint density at radius 3 is 2.58 bits per heavy atom. The molecule has 2 amide bonds. The van der Waals surface area contributed by atoms with Crippen LogP contribution in [0.5, 0.6) is 0 Å². The van der Waals surface area contributed by atoms with Gasteiger partial charge in [-0.1, -0.05) is 50.1 Å². The summed E-state index contributed by atoms with van der Waals surface area (Å²) in [5, 5.41) is 11.9. The maximum Gasteiger partial charge on any atom is 0.326 e. The summed E-state index contributed by atoms with van der Waals surface area (Å²) in [6.07, 6.45) is 3.27. The third-order valence-corrected chi connectivity index (χ3v) is 7.45. The number of hydrogen-bond donors (Lipinski definition) is 3. The Hall–Kier alpha value is -2.18. The molecule has 1 aromatic carbocycles. The molecule has 1 heterocycles. The number of carboxylic acid groups (broad SMARTS) is 1. The van der Waals surface area contributed by atoms with Crippen molar-refractivity contribution in [3.63, 3.8) is 0 Å². The van der Waals surface area contributed by atoms with E-state index in [0.29, 0.717) is 38.6 Å². The van der Waals surface area contributed by atoms with E-state index >= 15 is 0 Å². The van der Waals surface area contributed by atoms with Crippen LogP contribution in [-0.2, 0) is 25.4 Å². The lowest BCUT2D eigenvalue weighted by Gasteiger charge is -2.26. The molecule has 0 bridgehead atoms. The van der Waals surface area contributed by atoms with Crippen molar-refractivity contribution in [1.82, 2.24) is 10.2 Å². The van der Waals surface area contributed by atoms with E-state index in [0.717, 1.165) is 12.0 Å². The minimum Gasteiger partial charge on any atom is -0.480 e. The number of amides is 2. The number of aryl methyl sites for hydroxylation is 1. The van der Waals surface area contributed by atoms with E-state index in [1.807, 2.05) is 37.3 Å². The van der Waals surface area contributed by atoms with Crippen molar-refractivity contribution < 1.29 is 28.9 Å². The maximum absolute atomic E-state index is 12.7. The van der Waals surface area contributed by atoms with E-state index in [1.54, 1.807) is 0 Å². The molecule has 172 valence electrons. The van der Waals surface area contributed by atoms with E-state index in [-0.39, 0.29) is 24.7 Å². The summed E-state index contributed by atoms with van der Waals surface area (Å²) in [6.45, 7) is 2.33. The zero-order valence-electron chi connectivity index (χ0n) is 18.0. The minimum absolute atomic E-state index is 0.103. The van der Waals surface area contributed by atoms with Crippen LogP contribution in [0.25, 0.3) is 0 Å². The molecule has 31 heavy (non-hydrogen) atoms. The second-order valence-electron chi connectivity index (χ2n) is 8.07. The zero-order chi connectivity index (χ0) is 22.9. The summed E-state index contributed by atoms with van der Waals surface area (Å²) >= 11 is 0. The number of benzene rings is 1. The number of carbonyl (C=O) groups excluding carboxylic acids is 2. The Balaban J connectivity index is 1.87. The molecule has 1 fully saturated rings. The molecule has 8 nitrogen and oxygen atoms in total. The van der Waals surface area contributed by atoms with Crippen molar-refractivity contribution in [2.45, 2.75) is 64.0 Å². The molecule has 1 saturated heterocycles. The van der Waals surface area contributed by atoms with E-state index in [1.165, 1.54) is 4.90 Å². The fourth-order valence-electron chi connectivity index (χ4n) is 3.75. The van der Waals surface area contributed by atoms with E-state index in [2.05, 4.69) is 5.32 Å². The number of rotatable bonds is 12. The molecule has 0 spiro atoms. The third kappa shape index (κ3) is 8.11. The smallest absolute Gasteiger partial charge is 0.326 e. The second kappa shape index (κ2) is 12.0. The predicted molar refractivity (Wildman–Crippen MR) is 118 cm³/mol. The van der Waals surface area contributed by atoms with Gasteiger partial charge in [-0.15, -0.1) is 0 Å². The highest BCUT2D eigenvalue weighted by Gasteiger charge is 2.36. The molecule has 0 aromatic heterocycles. The topological polar surface area (TPSA) is 124 Å². The summed E-state index contributed by atoms with van der Waals surface area (Å²) < 4.78 is 12.5. The molecule has 1 aliphatic heterocycles. The average Bonchev–Trinajstić information content (AvgIpc) is 3.24. The van der Waals surface area contributed by atoms with Crippen molar-refractivity contribution in [3.05, 3.63) is 35.9 Å². The molecule has 1 unspecified atom stereocenters. The number of likely N-dealkylation sites (tertiary alicyclic amines) is 1. The molecular formula is C22H33N2O6P. The molecule has 1 aliphatic rings. The van der Waals surface area contributed by atoms with E-state index in [9.17, 15) is 28.9 Å². The molecule has 9 heteroatoms. The first-order chi connectivity index (χ1) is 14.7. The van der Waals surface area contributed by atoms with Crippen molar-refractivity contribution >= 4 is 25.2 Å². The maximum atomic E-state index is 12.7. The van der Waals surface area contributed by atoms with Gasteiger partial charge in [-0.25, -0.2) is 4.79 Å². The van der Waals surface area contributed by atoms with Crippen molar-refractivity contribution in [3.8, 4) is 0 Å². The quantitative estimate of drug-likeness (QED) is 0.419. The van der Waals surface area contributed by atoms with Gasteiger partial charge >= 0.3 is 5.97 Å². The van der Waals surface area contributed by atoms with Crippen LogP contribution in [0.15, 0.2) is 30.3 Å². The largest absolute Gasteiger partial charge is 0.480 e. The molecular weight excluding hydrogens is 419 g/mol. The van der Waals surface area contributed by atoms with Gasteiger partial charge in [0.05, 0.1) is 0 Å². The SMILES string of the molecule is CCCC[C@H](NC(=O)[C@@H]1CCCN1C(=O)CCP(=O)(O)CCc1ccccc1)C(=O)O. The van der Waals surface area contributed by atoms with E-state index in [4.69, 9.17) is 0 Å². The predicted octanol–water partition coefficient (Wildman–Crippen LogP) is 2.64. The lowest BCUT2D eigenvalue weighted by molar-refractivity contribution is -0.144. The fourth-order valence-corrected chi connectivity index (χ4v) is 5.12. The standard InChI is InChI=1S/C22H33N2O6P/c1-2-3-10-18(22(27)28)23-21(26)19-11-7-14-24(19)20(25)13-16-31(29,30)15-12-17-8-5-4-6-9-17/h4-6,8-9,18-19H,2-3,7,10-16H2,1H3,(H,23,26)(H,27,28)(H,29,30)/t18-,19-/m0/s1. The number of unbranched alkanes of at least 4 members (excludes halogenated alkanes) is 1. The number of nitrogens with one attached hydrogen (secondary N) is 1. The summed E-state index contributed by atoms with van der Waals surface area (Å²) in [5.41, 5.74) is 0.968. The van der Waals surface area contributed by atoms with Crippen LogP contribution < -0.4 is 5.32 Å². The Morgan fingerprint density at radius 1 is 1.23 bits per heavy atom. The fraction of sp³-hybridized carbons (Fsp3) is 0.591. The number of hydrogen-bond acceptors (Lipinski definition) is 4.